The van der Waals surface area contributed by atoms with Crippen LogP contribution in [0.5, 0.6) is 0 Å². The smallest absolute Gasteiger partial charge is 0.0729 e. The number of aliphatic hydroxyl groups is 1. The Labute approximate surface area is 128 Å². The first-order valence-electron chi connectivity index (χ1n) is 8.64. The van der Waals surface area contributed by atoms with Gasteiger partial charge < -0.3 is 5.11 Å². The van der Waals surface area contributed by atoms with E-state index in [0.29, 0.717) is 23.8 Å². The number of rotatable bonds is 3. The maximum Gasteiger partial charge on any atom is 0.0729 e. The average molecular weight is 290 g/mol. The highest BCUT2D eigenvalue weighted by molar-refractivity contribution is 5.08. The van der Waals surface area contributed by atoms with E-state index in [1.807, 2.05) is 0 Å². The molecule has 0 aromatic carbocycles. The Morgan fingerprint density at radius 2 is 2.00 bits per heavy atom. The summed E-state index contributed by atoms with van der Waals surface area (Å²) in [6.45, 7) is 6.84. The van der Waals surface area contributed by atoms with E-state index in [9.17, 15) is 5.11 Å². The lowest BCUT2D eigenvalue weighted by molar-refractivity contribution is -0.0710. The van der Waals surface area contributed by atoms with Gasteiger partial charge >= 0.3 is 0 Å². The molecule has 0 bridgehead atoms. The van der Waals surface area contributed by atoms with Gasteiger partial charge in [0.05, 0.1) is 17.3 Å². The van der Waals surface area contributed by atoms with Gasteiger partial charge in [-0.05, 0) is 49.5 Å². The molecule has 1 aromatic rings. The predicted molar refractivity (Wildman–Crippen MR) is 85.2 cm³/mol. The van der Waals surface area contributed by atoms with Crippen molar-refractivity contribution in [3.63, 3.8) is 0 Å². The molecular weight excluding hydrogens is 260 g/mol. The summed E-state index contributed by atoms with van der Waals surface area (Å²) in [4.78, 5) is 0. The Kier molecular flexibility index (Phi) is 3.89. The van der Waals surface area contributed by atoms with Gasteiger partial charge in [0.15, 0.2) is 0 Å². The van der Waals surface area contributed by atoms with Crippen molar-refractivity contribution in [2.45, 2.75) is 83.8 Å². The van der Waals surface area contributed by atoms with Crippen LogP contribution in [0, 0.1) is 11.3 Å². The van der Waals surface area contributed by atoms with Crippen LogP contribution in [-0.2, 0) is 6.42 Å². The Hall–Kier alpha value is -0.830. The number of hydrogen-bond acceptors (Lipinski definition) is 2. The summed E-state index contributed by atoms with van der Waals surface area (Å²) in [6, 6.07) is 2.71. The zero-order valence-corrected chi connectivity index (χ0v) is 13.8. The largest absolute Gasteiger partial charge is 0.389 e. The van der Waals surface area contributed by atoms with Gasteiger partial charge in [-0.3, -0.25) is 4.68 Å². The van der Waals surface area contributed by atoms with E-state index in [0.717, 1.165) is 25.0 Å². The molecule has 0 aliphatic heterocycles. The number of aromatic nitrogens is 2. The molecule has 118 valence electrons. The highest BCUT2D eigenvalue weighted by Gasteiger charge is 2.42. The van der Waals surface area contributed by atoms with Crippen LogP contribution < -0.4 is 0 Å². The highest BCUT2D eigenvalue weighted by atomic mass is 16.3. The van der Waals surface area contributed by atoms with Crippen LogP contribution in [0.15, 0.2) is 12.3 Å². The van der Waals surface area contributed by atoms with E-state index in [1.54, 1.807) is 0 Å². The zero-order valence-electron chi connectivity index (χ0n) is 13.8. The van der Waals surface area contributed by atoms with Crippen LogP contribution in [0.3, 0.4) is 0 Å². The van der Waals surface area contributed by atoms with E-state index >= 15 is 0 Å². The van der Waals surface area contributed by atoms with Gasteiger partial charge in [0, 0.05) is 12.6 Å². The molecular formula is C18H30N2O. The van der Waals surface area contributed by atoms with Gasteiger partial charge in [0.1, 0.15) is 0 Å². The van der Waals surface area contributed by atoms with Gasteiger partial charge in [-0.2, -0.15) is 5.10 Å². The molecule has 0 spiro atoms. The third-order valence-corrected chi connectivity index (χ3v) is 5.86. The lowest BCUT2D eigenvalue weighted by atomic mass is 9.64. The second-order valence-electron chi connectivity index (χ2n) is 8.28. The van der Waals surface area contributed by atoms with Gasteiger partial charge in [0.25, 0.3) is 0 Å². The van der Waals surface area contributed by atoms with E-state index in [2.05, 4.69) is 37.7 Å². The monoisotopic (exact) mass is 290 g/mol. The molecule has 1 heterocycles. The summed E-state index contributed by atoms with van der Waals surface area (Å²) in [5, 5.41) is 15.8. The maximum absolute atomic E-state index is 11.1. The molecule has 0 radical (unpaired) electrons. The third-order valence-electron chi connectivity index (χ3n) is 5.86. The molecule has 0 saturated heterocycles. The average Bonchev–Trinajstić information content (AvgIpc) is 3.04. The summed E-state index contributed by atoms with van der Waals surface area (Å²) in [5.74, 6) is 0.345. The van der Waals surface area contributed by atoms with E-state index < -0.39 is 5.60 Å². The molecule has 3 heteroatoms. The zero-order chi connectivity index (χ0) is 15.1. The fourth-order valence-electron chi connectivity index (χ4n) is 4.34. The van der Waals surface area contributed by atoms with Crippen LogP contribution in [0.25, 0.3) is 0 Å². The lowest BCUT2D eigenvalue weighted by Crippen LogP contribution is -2.45. The van der Waals surface area contributed by atoms with E-state index in [-0.39, 0.29) is 0 Å². The summed E-state index contributed by atoms with van der Waals surface area (Å²) in [6.07, 6.45) is 11.1. The first-order chi connectivity index (χ1) is 9.88. The Morgan fingerprint density at radius 1 is 1.29 bits per heavy atom. The minimum Gasteiger partial charge on any atom is -0.389 e. The van der Waals surface area contributed by atoms with Crippen molar-refractivity contribution in [1.29, 1.82) is 0 Å². The Balaban J connectivity index is 1.68. The molecule has 2 aliphatic carbocycles. The maximum atomic E-state index is 11.1. The second-order valence-corrected chi connectivity index (χ2v) is 8.28. The van der Waals surface area contributed by atoms with Crippen LogP contribution >= 0.6 is 0 Å². The van der Waals surface area contributed by atoms with Crippen LogP contribution in [0.2, 0.25) is 0 Å². The van der Waals surface area contributed by atoms with E-state index in [4.69, 9.17) is 5.10 Å². The first-order valence-corrected chi connectivity index (χ1v) is 8.64. The van der Waals surface area contributed by atoms with Crippen LogP contribution in [-0.4, -0.2) is 20.5 Å². The molecule has 0 amide bonds. The molecule has 3 rings (SSSR count). The summed E-state index contributed by atoms with van der Waals surface area (Å²) in [7, 11) is 0. The van der Waals surface area contributed by atoms with E-state index in [1.165, 1.54) is 25.7 Å². The lowest BCUT2D eigenvalue weighted by Gasteiger charge is -2.45. The first kappa shape index (κ1) is 15.1. The Morgan fingerprint density at radius 3 is 2.67 bits per heavy atom. The normalized spacial score (nSPS) is 33.4. The topological polar surface area (TPSA) is 38.0 Å². The van der Waals surface area contributed by atoms with Crippen LogP contribution in [0.1, 0.15) is 77.5 Å². The molecule has 21 heavy (non-hydrogen) atoms. The SMILES string of the molecule is CC1CC(C)(C)CCC1(O)Cc1ccn(C2CCCC2)n1. The van der Waals surface area contributed by atoms with Crippen molar-refractivity contribution in [3.05, 3.63) is 18.0 Å². The second kappa shape index (κ2) is 5.42. The summed E-state index contributed by atoms with van der Waals surface area (Å²) < 4.78 is 2.14. The van der Waals surface area contributed by atoms with Crippen molar-refractivity contribution in [1.82, 2.24) is 9.78 Å². The molecule has 2 fully saturated rings. The predicted octanol–water partition coefficient (Wildman–Crippen LogP) is 4.12. The molecule has 2 atom stereocenters. The minimum absolute atomic E-state index is 0.345. The van der Waals surface area contributed by atoms with Gasteiger partial charge in [0.2, 0.25) is 0 Å². The molecule has 2 unspecified atom stereocenters. The fraction of sp³-hybridized carbons (Fsp3) is 0.833. The van der Waals surface area contributed by atoms with Crippen molar-refractivity contribution < 1.29 is 5.11 Å². The summed E-state index contributed by atoms with van der Waals surface area (Å²) in [5.41, 5.74) is 0.870. The van der Waals surface area contributed by atoms with Crippen molar-refractivity contribution in [3.8, 4) is 0 Å². The van der Waals surface area contributed by atoms with Crippen molar-refractivity contribution in [2.75, 3.05) is 0 Å². The molecule has 2 aliphatic rings. The van der Waals surface area contributed by atoms with Gasteiger partial charge in [-0.25, -0.2) is 0 Å². The standard InChI is InChI=1S/C18H30N2O/c1-14-12-17(2,3)9-10-18(14,21)13-15-8-11-20(19-15)16-6-4-5-7-16/h8,11,14,16,21H,4-7,9-10,12-13H2,1-3H3. The van der Waals surface area contributed by atoms with Crippen LogP contribution in [0.4, 0.5) is 0 Å². The molecule has 1 aromatic heterocycles. The molecule has 3 nitrogen and oxygen atoms in total. The molecule has 1 N–H and O–H groups in total. The number of nitrogens with zero attached hydrogens (tertiary/aromatic N) is 2. The van der Waals surface area contributed by atoms with Gasteiger partial charge in [-0.15, -0.1) is 0 Å². The fourth-order valence-corrected chi connectivity index (χ4v) is 4.34. The van der Waals surface area contributed by atoms with Gasteiger partial charge in [-0.1, -0.05) is 33.6 Å². The third kappa shape index (κ3) is 3.18. The minimum atomic E-state index is -0.565. The number of hydrogen-bond donors (Lipinski definition) is 1. The van der Waals surface area contributed by atoms with Crippen molar-refractivity contribution >= 4 is 0 Å². The molecule has 2 saturated carbocycles. The Bertz CT molecular complexity index is 487. The van der Waals surface area contributed by atoms with Crippen molar-refractivity contribution in [2.24, 2.45) is 11.3 Å². The quantitative estimate of drug-likeness (QED) is 0.909. The highest BCUT2D eigenvalue weighted by Crippen LogP contribution is 2.45. The summed E-state index contributed by atoms with van der Waals surface area (Å²) >= 11 is 0.